The van der Waals surface area contributed by atoms with Crippen molar-refractivity contribution in [3.8, 4) is 10.6 Å². The third-order valence-electron chi connectivity index (χ3n) is 3.79. The molecule has 2 heterocycles. The number of aromatic amines is 1. The number of carboxylic acids is 1. The van der Waals surface area contributed by atoms with Crippen molar-refractivity contribution in [2.75, 3.05) is 0 Å². The Bertz CT molecular complexity index is 842. The molecule has 2 aromatic heterocycles. The Hall–Kier alpha value is -2.07. The molecule has 3 nitrogen and oxygen atoms in total. The van der Waals surface area contributed by atoms with Crippen molar-refractivity contribution < 1.29 is 9.90 Å². The molecule has 0 aliphatic rings. The van der Waals surface area contributed by atoms with Gasteiger partial charge in [-0.25, -0.2) is 0 Å². The van der Waals surface area contributed by atoms with Crippen LogP contribution in [0.2, 0.25) is 0 Å². The van der Waals surface area contributed by atoms with Crippen LogP contribution in [0.15, 0.2) is 24.3 Å². The molecule has 3 rings (SSSR count). The number of hydrogen-bond donors (Lipinski definition) is 2. The fraction of sp³-hybridized carbons (Fsp3) is 0.235. The molecule has 4 heteroatoms. The van der Waals surface area contributed by atoms with Crippen molar-refractivity contribution in [3.63, 3.8) is 0 Å². The predicted molar refractivity (Wildman–Crippen MR) is 87.2 cm³/mol. The van der Waals surface area contributed by atoms with E-state index in [-0.39, 0.29) is 6.42 Å². The maximum Gasteiger partial charge on any atom is 0.307 e. The lowest BCUT2D eigenvalue weighted by Gasteiger charge is -2.03. The standard InChI is InChI=1S/C17H17NO2S/c1-9-4-5-10(2)16-15(9)12(8-14(19)20)17(18-16)13-7-6-11(3)21-13/h4-7,18H,8H2,1-3H3,(H,19,20). The van der Waals surface area contributed by atoms with E-state index in [1.165, 1.54) is 4.88 Å². The van der Waals surface area contributed by atoms with Crippen molar-refractivity contribution in [1.82, 2.24) is 4.98 Å². The van der Waals surface area contributed by atoms with Gasteiger partial charge >= 0.3 is 5.97 Å². The molecule has 0 amide bonds. The van der Waals surface area contributed by atoms with Gasteiger partial charge in [-0.05, 0) is 49.6 Å². The number of aryl methyl sites for hydroxylation is 3. The van der Waals surface area contributed by atoms with Gasteiger partial charge in [0.15, 0.2) is 0 Å². The fourth-order valence-electron chi connectivity index (χ4n) is 2.79. The van der Waals surface area contributed by atoms with E-state index in [0.717, 1.165) is 38.2 Å². The summed E-state index contributed by atoms with van der Waals surface area (Å²) in [5, 5.41) is 10.3. The lowest BCUT2D eigenvalue weighted by Crippen LogP contribution is -2.01. The first-order chi connectivity index (χ1) is 9.97. The number of rotatable bonds is 3. The zero-order valence-corrected chi connectivity index (χ0v) is 13.1. The van der Waals surface area contributed by atoms with Crippen LogP contribution in [-0.2, 0) is 11.2 Å². The highest BCUT2D eigenvalue weighted by atomic mass is 32.1. The lowest BCUT2D eigenvalue weighted by molar-refractivity contribution is -0.136. The quantitative estimate of drug-likeness (QED) is 0.750. The van der Waals surface area contributed by atoms with E-state index in [1.807, 2.05) is 13.8 Å². The second-order valence-corrected chi connectivity index (χ2v) is 6.70. The van der Waals surface area contributed by atoms with Gasteiger partial charge in [0.25, 0.3) is 0 Å². The lowest BCUT2D eigenvalue weighted by atomic mass is 10.0. The van der Waals surface area contributed by atoms with Crippen molar-refractivity contribution in [1.29, 1.82) is 0 Å². The van der Waals surface area contributed by atoms with Crippen LogP contribution in [0.3, 0.4) is 0 Å². The number of aliphatic carboxylic acids is 1. The number of fused-ring (bicyclic) bond motifs is 1. The summed E-state index contributed by atoms with van der Waals surface area (Å²) >= 11 is 1.68. The maximum atomic E-state index is 11.3. The van der Waals surface area contributed by atoms with Gasteiger partial charge in [0.05, 0.1) is 17.0 Å². The molecule has 108 valence electrons. The van der Waals surface area contributed by atoms with E-state index < -0.39 is 5.97 Å². The largest absolute Gasteiger partial charge is 0.481 e. The van der Waals surface area contributed by atoms with Crippen molar-refractivity contribution in [2.45, 2.75) is 27.2 Å². The number of thiophene rings is 1. The topological polar surface area (TPSA) is 53.1 Å². The van der Waals surface area contributed by atoms with Gasteiger partial charge in [0.1, 0.15) is 0 Å². The molecule has 0 saturated carbocycles. The molecule has 21 heavy (non-hydrogen) atoms. The first-order valence-electron chi connectivity index (χ1n) is 6.86. The number of benzene rings is 1. The molecule has 0 spiro atoms. The highest BCUT2D eigenvalue weighted by Crippen LogP contribution is 2.37. The third-order valence-corrected chi connectivity index (χ3v) is 4.81. The summed E-state index contributed by atoms with van der Waals surface area (Å²) in [4.78, 5) is 17.1. The van der Waals surface area contributed by atoms with Gasteiger partial charge in [0.2, 0.25) is 0 Å². The summed E-state index contributed by atoms with van der Waals surface area (Å²) in [7, 11) is 0. The second-order valence-electron chi connectivity index (χ2n) is 5.41. The van der Waals surface area contributed by atoms with Crippen LogP contribution in [0.1, 0.15) is 21.6 Å². The van der Waals surface area contributed by atoms with Crippen LogP contribution in [-0.4, -0.2) is 16.1 Å². The van der Waals surface area contributed by atoms with E-state index in [1.54, 1.807) is 11.3 Å². The highest BCUT2D eigenvalue weighted by Gasteiger charge is 2.19. The van der Waals surface area contributed by atoms with Gasteiger partial charge in [-0.15, -0.1) is 11.3 Å². The smallest absolute Gasteiger partial charge is 0.307 e. The number of nitrogens with one attached hydrogen (secondary N) is 1. The Kier molecular flexibility index (Phi) is 3.33. The molecule has 0 aliphatic heterocycles. The monoisotopic (exact) mass is 299 g/mol. The van der Waals surface area contributed by atoms with E-state index >= 15 is 0 Å². The van der Waals surface area contributed by atoms with Crippen molar-refractivity contribution >= 4 is 28.2 Å². The molecule has 0 saturated heterocycles. The van der Waals surface area contributed by atoms with Gasteiger partial charge in [-0.1, -0.05) is 12.1 Å². The summed E-state index contributed by atoms with van der Waals surface area (Å²) in [6.07, 6.45) is 0.0383. The van der Waals surface area contributed by atoms with E-state index in [4.69, 9.17) is 0 Å². The number of aromatic nitrogens is 1. The Morgan fingerprint density at radius 2 is 1.86 bits per heavy atom. The first kappa shape index (κ1) is 13.9. The maximum absolute atomic E-state index is 11.3. The first-order valence-corrected chi connectivity index (χ1v) is 7.68. The normalized spacial score (nSPS) is 11.2. The Labute approximate surface area is 127 Å². The molecule has 2 N–H and O–H groups in total. The zero-order valence-electron chi connectivity index (χ0n) is 12.3. The minimum Gasteiger partial charge on any atom is -0.481 e. The molecule has 1 aromatic carbocycles. The summed E-state index contributed by atoms with van der Waals surface area (Å²) in [5.41, 5.74) is 5.14. The molecule has 0 bridgehead atoms. The van der Waals surface area contributed by atoms with Gasteiger partial charge in [0, 0.05) is 15.8 Å². The molecule has 0 radical (unpaired) electrons. The average Bonchev–Trinajstić information content (AvgIpc) is 2.98. The highest BCUT2D eigenvalue weighted by molar-refractivity contribution is 7.15. The van der Waals surface area contributed by atoms with Crippen LogP contribution in [0.4, 0.5) is 0 Å². The number of carbonyl (C=O) groups is 1. The molecular weight excluding hydrogens is 282 g/mol. The molecule has 0 atom stereocenters. The summed E-state index contributed by atoms with van der Waals surface area (Å²) < 4.78 is 0. The van der Waals surface area contributed by atoms with Gasteiger partial charge < -0.3 is 10.1 Å². The molecule has 0 aliphatic carbocycles. The molecule has 0 fully saturated rings. The average molecular weight is 299 g/mol. The second kappa shape index (κ2) is 5.04. The number of carboxylic acid groups (broad SMARTS) is 1. The van der Waals surface area contributed by atoms with Gasteiger partial charge in [-0.2, -0.15) is 0 Å². The summed E-state index contributed by atoms with van der Waals surface area (Å²) in [6, 6.07) is 8.25. The van der Waals surface area contributed by atoms with Crippen molar-refractivity contribution in [2.24, 2.45) is 0 Å². The minimum absolute atomic E-state index is 0.0383. The summed E-state index contributed by atoms with van der Waals surface area (Å²) in [6.45, 7) is 6.14. The number of H-pyrrole nitrogens is 1. The molecule has 3 aromatic rings. The van der Waals surface area contributed by atoms with Crippen molar-refractivity contribution in [3.05, 3.63) is 45.8 Å². The van der Waals surface area contributed by atoms with E-state index in [2.05, 4.69) is 36.2 Å². The fourth-order valence-corrected chi connectivity index (χ4v) is 3.69. The minimum atomic E-state index is -0.800. The number of hydrogen-bond acceptors (Lipinski definition) is 2. The Morgan fingerprint density at radius 3 is 2.48 bits per heavy atom. The van der Waals surface area contributed by atoms with Gasteiger partial charge in [-0.3, -0.25) is 4.79 Å². The van der Waals surface area contributed by atoms with Crippen LogP contribution >= 0.6 is 11.3 Å². The molecule has 0 unspecified atom stereocenters. The SMILES string of the molecule is Cc1ccc(-c2[nH]c3c(C)ccc(C)c3c2CC(=O)O)s1. The van der Waals surface area contributed by atoms with Crippen LogP contribution in [0, 0.1) is 20.8 Å². The van der Waals surface area contributed by atoms with E-state index in [0.29, 0.717) is 0 Å². The van der Waals surface area contributed by atoms with E-state index in [9.17, 15) is 9.90 Å². The Balaban J connectivity index is 2.35. The molecular formula is C17H17NO2S. The Morgan fingerprint density at radius 1 is 1.14 bits per heavy atom. The third kappa shape index (κ3) is 2.36. The zero-order chi connectivity index (χ0) is 15.1. The van der Waals surface area contributed by atoms with Crippen LogP contribution < -0.4 is 0 Å². The van der Waals surface area contributed by atoms with Crippen LogP contribution in [0.5, 0.6) is 0 Å². The van der Waals surface area contributed by atoms with Crippen LogP contribution in [0.25, 0.3) is 21.5 Å². The summed E-state index contributed by atoms with van der Waals surface area (Å²) in [5.74, 6) is -0.800. The predicted octanol–water partition coefficient (Wildman–Crippen LogP) is 4.45.